The number of rotatable bonds is 11. The molecule has 1 aromatic heterocycles. The molecular formula is C25H31ClFN7O4. The first kappa shape index (κ1) is 28.8. The number of likely N-dealkylation sites (N-methyl/N-ethyl adjacent to an activating group) is 1. The molecule has 0 unspecified atom stereocenters. The van der Waals surface area contributed by atoms with Gasteiger partial charge in [0.05, 0.1) is 35.4 Å². The third-order valence-electron chi connectivity index (χ3n) is 5.92. The van der Waals surface area contributed by atoms with Gasteiger partial charge in [0.1, 0.15) is 6.54 Å². The van der Waals surface area contributed by atoms with Crippen LogP contribution in [0.25, 0.3) is 10.9 Å². The first-order valence-electron chi connectivity index (χ1n) is 11.8. The highest BCUT2D eigenvalue weighted by Gasteiger charge is 2.28. The van der Waals surface area contributed by atoms with Crippen molar-refractivity contribution in [1.29, 1.82) is 0 Å². The molecule has 11 nitrogen and oxygen atoms in total. The summed E-state index contributed by atoms with van der Waals surface area (Å²) in [7, 11) is 3.61. The molecule has 0 bridgehead atoms. The molecule has 0 saturated carbocycles. The van der Waals surface area contributed by atoms with Gasteiger partial charge in [-0.1, -0.05) is 17.7 Å². The van der Waals surface area contributed by atoms with Gasteiger partial charge < -0.3 is 30.9 Å². The van der Waals surface area contributed by atoms with Gasteiger partial charge in [0.2, 0.25) is 11.8 Å². The van der Waals surface area contributed by atoms with Crippen molar-refractivity contribution in [3.63, 3.8) is 0 Å². The number of carbonyl (C=O) groups is 3. The normalized spacial score (nSPS) is 12.0. The van der Waals surface area contributed by atoms with Crippen LogP contribution < -0.4 is 16.0 Å². The number of nitrogens with two attached hydrogens (primary N) is 1. The quantitative estimate of drug-likeness (QED) is 0.266. The Balaban J connectivity index is 1.76. The van der Waals surface area contributed by atoms with Crippen molar-refractivity contribution in [2.24, 2.45) is 0 Å². The summed E-state index contributed by atoms with van der Waals surface area (Å²) in [5.41, 5.74) is 6.89. The Kier molecular flexibility index (Phi) is 9.61. The lowest BCUT2D eigenvalue weighted by Gasteiger charge is -2.31. The minimum absolute atomic E-state index is 0.0219. The molecule has 3 rings (SSSR count). The van der Waals surface area contributed by atoms with Crippen molar-refractivity contribution in [2.75, 3.05) is 57.5 Å². The number of amides is 3. The lowest BCUT2D eigenvalue weighted by atomic mass is 10.2. The van der Waals surface area contributed by atoms with Crippen LogP contribution in [0.3, 0.4) is 0 Å². The lowest BCUT2D eigenvalue weighted by Crippen LogP contribution is -2.51. The Bertz CT molecular complexity index is 1320. The summed E-state index contributed by atoms with van der Waals surface area (Å²) in [5.74, 6) is -2.58. The fourth-order valence-electron chi connectivity index (χ4n) is 3.75. The van der Waals surface area contributed by atoms with E-state index in [4.69, 9.17) is 17.3 Å². The van der Waals surface area contributed by atoms with Crippen LogP contribution in [0.5, 0.6) is 0 Å². The van der Waals surface area contributed by atoms with Gasteiger partial charge in [-0.3, -0.25) is 19.5 Å². The number of aromatic amines is 1. The zero-order chi connectivity index (χ0) is 28.0. The Hall–Kier alpha value is -3.74. The maximum absolute atomic E-state index is 14.8. The minimum atomic E-state index is -0.756. The molecule has 0 spiro atoms. The first-order chi connectivity index (χ1) is 18.0. The molecule has 0 radical (unpaired) electrons. The number of anilines is 2. The van der Waals surface area contributed by atoms with Crippen LogP contribution >= 0.6 is 11.6 Å². The van der Waals surface area contributed by atoms with E-state index in [2.05, 4.69) is 15.5 Å². The molecule has 204 valence electrons. The predicted octanol–water partition coefficient (Wildman–Crippen LogP) is 1.47. The first-order valence-corrected chi connectivity index (χ1v) is 12.2. The Morgan fingerprint density at radius 3 is 2.61 bits per heavy atom. The number of halogens is 2. The summed E-state index contributed by atoms with van der Waals surface area (Å²) in [6.45, 7) is 0.749. The summed E-state index contributed by atoms with van der Waals surface area (Å²) in [6, 6.07) is 8.50. The number of benzene rings is 2. The predicted molar refractivity (Wildman–Crippen MR) is 143 cm³/mol. The van der Waals surface area contributed by atoms with E-state index in [9.17, 15) is 23.9 Å². The number of carbonyl (C=O) groups excluding carboxylic acids is 3. The fourth-order valence-corrected chi connectivity index (χ4v) is 3.92. The summed E-state index contributed by atoms with van der Waals surface area (Å²) in [4.78, 5) is 43.4. The van der Waals surface area contributed by atoms with E-state index in [0.717, 1.165) is 4.90 Å². The number of hydrogen-bond donors (Lipinski definition) is 4. The van der Waals surface area contributed by atoms with E-state index >= 15 is 0 Å². The molecule has 5 N–H and O–H groups in total. The highest BCUT2D eigenvalue weighted by Crippen LogP contribution is 2.26. The van der Waals surface area contributed by atoms with E-state index in [1.54, 1.807) is 39.2 Å². The second-order valence-electron chi connectivity index (χ2n) is 9.03. The molecule has 0 aliphatic heterocycles. The molecule has 13 heteroatoms. The molecule has 0 aliphatic carbocycles. The van der Waals surface area contributed by atoms with Crippen LogP contribution in [0.4, 0.5) is 15.8 Å². The largest absolute Gasteiger partial charge is 0.399 e. The monoisotopic (exact) mass is 547 g/mol. The molecule has 0 fully saturated rings. The number of fused-ring (bicyclic) bond motifs is 1. The van der Waals surface area contributed by atoms with E-state index in [1.807, 2.05) is 4.90 Å². The van der Waals surface area contributed by atoms with Crippen LogP contribution in [0.1, 0.15) is 17.4 Å². The van der Waals surface area contributed by atoms with Crippen molar-refractivity contribution in [1.82, 2.24) is 25.3 Å². The number of H-pyrrole nitrogens is 1. The van der Waals surface area contributed by atoms with Crippen LogP contribution in [0, 0.1) is 5.82 Å². The van der Waals surface area contributed by atoms with Gasteiger partial charge in [-0.2, -0.15) is 5.10 Å². The van der Waals surface area contributed by atoms with Crippen molar-refractivity contribution in [3.05, 3.63) is 52.9 Å². The highest BCUT2D eigenvalue weighted by atomic mass is 35.5. The summed E-state index contributed by atoms with van der Waals surface area (Å²) in [6.07, 6.45) is 0. The molecule has 38 heavy (non-hydrogen) atoms. The number of aliphatic hydroxyl groups excluding tert-OH is 1. The topological polar surface area (TPSA) is 148 Å². The van der Waals surface area contributed by atoms with Crippen LogP contribution in [-0.4, -0.2) is 95.7 Å². The number of nitrogen functional groups attached to an aromatic ring is 1. The van der Waals surface area contributed by atoms with E-state index < -0.39 is 49.3 Å². The number of aliphatic hydroxyl groups is 1. The number of hydrogen-bond acceptors (Lipinski definition) is 7. The Labute approximate surface area is 224 Å². The van der Waals surface area contributed by atoms with Crippen molar-refractivity contribution in [3.8, 4) is 0 Å². The zero-order valence-corrected chi connectivity index (χ0v) is 22.1. The van der Waals surface area contributed by atoms with Crippen LogP contribution in [0.15, 0.2) is 36.4 Å². The van der Waals surface area contributed by atoms with Crippen molar-refractivity contribution >= 4 is 51.6 Å². The van der Waals surface area contributed by atoms with Gasteiger partial charge in [0, 0.05) is 24.2 Å². The maximum Gasteiger partial charge on any atom is 0.272 e. The molecule has 3 aromatic rings. The number of aromatic nitrogens is 2. The van der Waals surface area contributed by atoms with Gasteiger partial charge in [-0.25, -0.2) is 4.39 Å². The fraction of sp³-hybridized carbons (Fsp3) is 0.360. The average Bonchev–Trinajstić information content (AvgIpc) is 3.30. The average molecular weight is 548 g/mol. The van der Waals surface area contributed by atoms with E-state index in [1.165, 1.54) is 23.1 Å². The third kappa shape index (κ3) is 6.77. The highest BCUT2D eigenvalue weighted by molar-refractivity contribution is 6.31. The third-order valence-corrected chi connectivity index (χ3v) is 6.21. The second-order valence-corrected chi connectivity index (χ2v) is 9.44. The van der Waals surface area contributed by atoms with Gasteiger partial charge >= 0.3 is 0 Å². The SMILES string of the molecule is C[C@H](CO)N(CC(=O)N(CCN(C)C)c1cccc(Cl)c1F)C(=O)CNC(=O)c1n[nH]c2ccc(N)cc12. The molecule has 1 heterocycles. The Morgan fingerprint density at radius 2 is 1.92 bits per heavy atom. The van der Waals surface area contributed by atoms with Gasteiger partial charge in [-0.15, -0.1) is 0 Å². The van der Waals surface area contributed by atoms with E-state index in [0.29, 0.717) is 23.1 Å². The minimum Gasteiger partial charge on any atom is -0.399 e. The maximum atomic E-state index is 14.8. The van der Waals surface area contributed by atoms with Crippen LogP contribution in [-0.2, 0) is 9.59 Å². The molecular weight excluding hydrogens is 517 g/mol. The van der Waals surface area contributed by atoms with Crippen LogP contribution in [0.2, 0.25) is 5.02 Å². The zero-order valence-electron chi connectivity index (χ0n) is 21.4. The molecule has 0 saturated heterocycles. The second kappa shape index (κ2) is 12.7. The number of nitrogens with one attached hydrogen (secondary N) is 2. The standard InChI is InChI=1S/C25H31ClFN7O4/c1-15(14-35)34(13-22(37)33(10-9-32(2)3)20-6-4-5-18(26)23(20)27)21(36)12-29-25(38)24-17-11-16(28)7-8-19(17)30-31-24/h4-8,11,15,35H,9-10,12-14,28H2,1-3H3,(H,29,38)(H,30,31)/t15-/m1/s1. The molecule has 0 aliphatic rings. The van der Waals surface area contributed by atoms with E-state index in [-0.39, 0.29) is 22.9 Å². The lowest BCUT2D eigenvalue weighted by molar-refractivity contribution is -0.137. The number of nitrogens with zero attached hydrogens (tertiary/aromatic N) is 4. The summed E-state index contributed by atoms with van der Waals surface area (Å²) >= 11 is 5.94. The smallest absolute Gasteiger partial charge is 0.272 e. The summed E-state index contributed by atoms with van der Waals surface area (Å²) < 4.78 is 14.8. The molecule has 3 amide bonds. The van der Waals surface area contributed by atoms with Crippen molar-refractivity contribution in [2.45, 2.75) is 13.0 Å². The summed E-state index contributed by atoms with van der Waals surface area (Å²) in [5, 5.41) is 19.3. The molecule has 1 atom stereocenters. The Morgan fingerprint density at radius 1 is 1.18 bits per heavy atom. The van der Waals surface area contributed by atoms with Gasteiger partial charge in [0.25, 0.3) is 5.91 Å². The van der Waals surface area contributed by atoms with Crippen molar-refractivity contribution < 1.29 is 23.9 Å². The van der Waals surface area contributed by atoms with Gasteiger partial charge in [0.15, 0.2) is 11.5 Å². The van der Waals surface area contributed by atoms with Gasteiger partial charge in [-0.05, 0) is 51.4 Å². The molecule has 2 aromatic carbocycles.